The maximum absolute atomic E-state index is 8.98. The van der Waals surface area contributed by atoms with E-state index in [2.05, 4.69) is 21.5 Å². The molecule has 4 aromatic rings. The first kappa shape index (κ1) is 13.1. The number of hydrogen-bond acceptors (Lipinski definition) is 1. The quantitative estimate of drug-likeness (QED) is 0.444. The third-order valence-electron chi connectivity index (χ3n) is 4.05. The maximum Gasteiger partial charge on any atom is 0.197 e. The van der Waals surface area contributed by atoms with Crippen molar-refractivity contribution in [1.29, 1.82) is 5.26 Å². The third kappa shape index (κ3) is 1.88. The SMILES string of the molecule is [C-]#[N+]c1cccc2c1c1ccccc1n2-c1ccc(C#N)cc1. The van der Waals surface area contributed by atoms with Crippen molar-refractivity contribution in [2.24, 2.45) is 0 Å². The van der Waals surface area contributed by atoms with Gasteiger partial charge < -0.3 is 4.57 Å². The maximum atomic E-state index is 8.98. The van der Waals surface area contributed by atoms with Gasteiger partial charge >= 0.3 is 0 Å². The minimum atomic E-state index is 0.636. The Bertz CT molecular complexity index is 1120. The monoisotopic (exact) mass is 293 g/mol. The molecule has 106 valence electrons. The van der Waals surface area contributed by atoms with Gasteiger partial charge in [-0.3, -0.25) is 0 Å². The summed E-state index contributed by atoms with van der Waals surface area (Å²) in [5.41, 5.74) is 4.34. The van der Waals surface area contributed by atoms with Crippen molar-refractivity contribution in [1.82, 2.24) is 4.57 Å². The summed E-state index contributed by atoms with van der Waals surface area (Å²) in [6.07, 6.45) is 0. The van der Waals surface area contributed by atoms with E-state index in [0.717, 1.165) is 27.5 Å². The topological polar surface area (TPSA) is 33.1 Å². The first-order chi connectivity index (χ1) is 11.3. The highest BCUT2D eigenvalue weighted by atomic mass is 15.0. The van der Waals surface area contributed by atoms with Gasteiger partial charge in [-0.1, -0.05) is 30.3 Å². The average Bonchev–Trinajstić information content (AvgIpc) is 2.96. The zero-order valence-electron chi connectivity index (χ0n) is 12.2. The fraction of sp³-hybridized carbons (Fsp3) is 0. The molecule has 0 radical (unpaired) electrons. The summed E-state index contributed by atoms with van der Waals surface area (Å²) in [5.74, 6) is 0. The second kappa shape index (κ2) is 5.02. The van der Waals surface area contributed by atoms with Gasteiger partial charge in [0.1, 0.15) is 0 Å². The standard InChI is InChI=1S/C20H11N3/c1-22-17-6-4-8-19-20(17)16-5-2-3-7-18(16)23(19)15-11-9-14(13-21)10-12-15/h2-12H. The van der Waals surface area contributed by atoms with E-state index in [1.54, 1.807) is 0 Å². The van der Waals surface area contributed by atoms with Crippen molar-refractivity contribution < 1.29 is 0 Å². The lowest BCUT2D eigenvalue weighted by Crippen LogP contribution is -1.93. The van der Waals surface area contributed by atoms with E-state index in [1.165, 1.54) is 0 Å². The Morgan fingerprint density at radius 2 is 1.61 bits per heavy atom. The number of rotatable bonds is 1. The van der Waals surface area contributed by atoms with E-state index >= 15 is 0 Å². The molecule has 0 N–H and O–H groups in total. The summed E-state index contributed by atoms with van der Waals surface area (Å²) in [5, 5.41) is 11.0. The van der Waals surface area contributed by atoms with Crippen LogP contribution < -0.4 is 0 Å². The number of fused-ring (bicyclic) bond motifs is 3. The van der Waals surface area contributed by atoms with Crippen LogP contribution in [0.4, 0.5) is 5.69 Å². The van der Waals surface area contributed by atoms with Crippen LogP contribution in [0.5, 0.6) is 0 Å². The van der Waals surface area contributed by atoms with Gasteiger partial charge in [0.2, 0.25) is 0 Å². The summed E-state index contributed by atoms with van der Waals surface area (Å²) in [6.45, 7) is 7.45. The molecule has 0 bridgehead atoms. The van der Waals surface area contributed by atoms with Crippen molar-refractivity contribution in [3.05, 3.63) is 83.7 Å². The van der Waals surface area contributed by atoms with Gasteiger partial charge in [0.15, 0.2) is 5.69 Å². The molecule has 0 saturated carbocycles. The number of nitrogens with zero attached hydrogens (tertiary/aromatic N) is 3. The number of benzene rings is 3. The molecular weight excluding hydrogens is 282 g/mol. The Morgan fingerprint density at radius 3 is 2.35 bits per heavy atom. The van der Waals surface area contributed by atoms with Crippen molar-refractivity contribution in [3.8, 4) is 11.8 Å². The predicted octanol–water partition coefficient (Wildman–Crippen LogP) is 5.21. The van der Waals surface area contributed by atoms with Gasteiger partial charge in [-0.25, -0.2) is 4.85 Å². The summed E-state index contributed by atoms with van der Waals surface area (Å²) < 4.78 is 2.14. The second-order valence-electron chi connectivity index (χ2n) is 5.29. The van der Waals surface area contributed by atoms with Gasteiger partial charge in [0, 0.05) is 16.6 Å². The molecule has 0 atom stereocenters. The molecule has 3 aromatic carbocycles. The van der Waals surface area contributed by atoms with Crippen molar-refractivity contribution >= 4 is 27.5 Å². The molecule has 23 heavy (non-hydrogen) atoms. The van der Waals surface area contributed by atoms with E-state index in [0.29, 0.717) is 11.3 Å². The van der Waals surface area contributed by atoms with E-state index < -0.39 is 0 Å². The van der Waals surface area contributed by atoms with Gasteiger partial charge in [0.25, 0.3) is 0 Å². The van der Waals surface area contributed by atoms with Crippen molar-refractivity contribution in [2.75, 3.05) is 0 Å². The Hall–Kier alpha value is -3.56. The summed E-state index contributed by atoms with van der Waals surface area (Å²) in [7, 11) is 0. The molecule has 0 fully saturated rings. The molecule has 1 aromatic heterocycles. The molecule has 3 nitrogen and oxygen atoms in total. The highest BCUT2D eigenvalue weighted by Crippen LogP contribution is 2.37. The summed E-state index contributed by atoms with van der Waals surface area (Å²) >= 11 is 0. The first-order valence-corrected chi connectivity index (χ1v) is 7.23. The molecule has 0 saturated heterocycles. The van der Waals surface area contributed by atoms with E-state index in [-0.39, 0.29) is 0 Å². The van der Waals surface area contributed by atoms with Crippen LogP contribution in [0.3, 0.4) is 0 Å². The fourth-order valence-corrected chi connectivity index (χ4v) is 3.06. The number of nitriles is 1. The first-order valence-electron chi connectivity index (χ1n) is 7.23. The van der Waals surface area contributed by atoms with Crippen molar-refractivity contribution in [3.63, 3.8) is 0 Å². The summed E-state index contributed by atoms with van der Waals surface area (Å²) in [6, 6.07) is 23.5. The van der Waals surface area contributed by atoms with Crippen LogP contribution in [0.15, 0.2) is 66.7 Å². The van der Waals surface area contributed by atoms with Crippen LogP contribution in [-0.2, 0) is 0 Å². The Labute approximate surface area is 133 Å². The minimum Gasteiger partial charge on any atom is -0.311 e. The smallest absolute Gasteiger partial charge is 0.197 e. The molecule has 1 heterocycles. The van der Waals surface area contributed by atoms with Crippen LogP contribution in [0, 0.1) is 17.9 Å². The predicted molar refractivity (Wildman–Crippen MR) is 91.8 cm³/mol. The molecule has 0 amide bonds. The number of para-hydroxylation sites is 1. The van der Waals surface area contributed by atoms with Gasteiger partial charge in [-0.15, -0.1) is 0 Å². The minimum absolute atomic E-state index is 0.636. The zero-order chi connectivity index (χ0) is 15.8. The van der Waals surface area contributed by atoms with Crippen LogP contribution in [0.1, 0.15) is 5.56 Å². The van der Waals surface area contributed by atoms with Crippen molar-refractivity contribution in [2.45, 2.75) is 0 Å². The lowest BCUT2D eigenvalue weighted by molar-refractivity contribution is 1.18. The average molecular weight is 293 g/mol. The molecule has 0 aliphatic carbocycles. The fourth-order valence-electron chi connectivity index (χ4n) is 3.06. The normalized spacial score (nSPS) is 10.5. The third-order valence-corrected chi connectivity index (χ3v) is 4.05. The van der Waals surface area contributed by atoms with Gasteiger partial charge in [-0.05, 0) is 41.8 Å². The molecule has 0 aliphatic heterocycles. The highest BCUT2D eigenvalue weighted by molar-refractivity contribution is 6.15. The molecule has 0 aliphatic rings. The second-order valence-corrected chi connectivity index (χ2v) is 5.29. The Balaban J connectivity index is 2.16. The van der Waals surface area contributed by atoms with E-state index in [9.17, 15) is 0 Å². The Kier molecular flexibility index (Phi) is 2.86. The van der Waals surface area contributed by atoms with E-state index in [4.69, 9.17) is 11.8 Å². The number of hydrogen-bond donors (Lipinski definition) is 0. The largest absolute Gasteiger partial charge is 0.311 e. The summed E-state index contributed by atoms with van der Waals surface area (Å²) in [4.78, 5) is 3.68. The zero-order valence-corrected chi connectivity index (χ0v) is 12.2. The van der Waals surface area contributed by atoms with Crippen LogP contribution in [-0.4, -0.2) is 4.57 Å². The van der Waals surface area contributed by atoms with Crippen LogP contribution >= 0.6 is 0 Å². The Morgan fingerprint density at radius 1 is 0.870 bits per heavy atom. The van der Waals surface area contributed by atoms with Gasteiger partial charge in [0.05, 0.1) is 23.7 Å². The molecule has 4 rings (SSSR count). The molecular formula is C20H11N3. The molecule has 3 heteroatoms. The van der Waals surface area contributed by atoms with Crippen LogP contribution in [0.25, 0.3) is 32.3 Å². The van der Waals surface area contributed by atoms with E-state index in [1.807, 2.05) is 60.7 Å². The van der Waals surface area contributed by atoms with Gasteiger partial charge in [-0.2, -0.15) is 5.26 Å². The highest BCUT2D eigenvalue weighted by Gasteiger charge is 2.14. The lowest BCUT2D eigenvalue weighted by atomic mass is 10.1. The molecule has 0 spiro atoms. The van der Waals surface area contributed by atoms with Crippen LogP contribution in [0.2, 0.25) is 0 Å². The lowest BCUT2D eigenvalue weighted by Gasteiger charge is -2.07. The number of aromatic nitrogens is 1. The molecule has 0 unspecified atom stereocenters.